The summed E-state index contributed by atoms with van der Waals surface area (Å²) in [5.41, 5.74) is 2.09. The van der Waals surface area contributed by atoms with Gasteiger partial charge in [-0.2, -0.15) is 0 Å². The fourth-order valence-corrected chi connectivity index (χ4v) is 1.64. The fraction of sp³-hybridized carbons (Fsp3) is 0.222. The smallest absolute Gasteiger partial charge is 0.317 e. The summed E-state index contributed by atoms with van der Waals surface area (Å²) in [6.07, 6.45) is -0.590. The van der Waals surface area contributed by atoms with Gasteiger partial charge in [0.15, 0.2) is 0 Å². The van der Waals surface area contributed by atoms with Crippen molar-refractivity contribution in [3.63, 3.8) is 0 Å². The highest BCUT2D eigenvalue weighted by atomic mass is 16.5. The zero-order valence-corrected chi connectivity index (χ0v) is 13.3. The van der Waals surface area contributed by atoms with E-state index in [1.54, 1.807) is 12.1 Å². The highest BCUT2D eigenvalue weighted by molar-refractivity contribution is 5.90. The molecule has 0 unspecified atom stereocenters. The number of esters is 1. The Bertz CT molecular complexity index is 597. The summed E-state index contributed by atoms with van der Waals surface area (Å²) < 4.78 is 4.72. The molecule has 2 rings (SSSR count). The average Bonchev–Trinajstić information content (AvgIpc) is 2.55. The molecule has 2 aromatic carbocycles. The largest absolute Gasteiger partial charge is 0.481 e. The van der Waals surface area contributed by atoms with Crippen LogP contribution >= 0.6 is 0 Å². The molecule has 0 spiro atoms. The van der Waals surface area contributed by atoms with Crippen molar-refractivity contribution in [3.8, 4) is 0 Å². The van der Waals surface area contributed by atoms with Crippen molar-refractivity contribution in [3.05, 3.63) is 66.2 Å². The van der Waals surface area contributed by atoms with E-state index in [0.29, 0.717) is 0 Å². The topological polar surface area (TPSA) is 66.8 Å². The van der Waals surface area contributed by atoms with Crippen molar-refractivity contribution in [2.75, 3.05) is 19.0 Å². The Morgan fingerprint density at radius 1 is 0.957 bits per heavy atom. The molecule has 0 aliphatic rings. The van der Waals surface area contributed by atoms with Crippen LogP contribution in [0.15, 0.2) is 60.7 Å². The maximum Gasteiger partial charge on any atom is 0.317 e. The van der Waals surface area contributed by atoms with E-state index in [2.05, 4.69) is 17.0 Å². The summed E-state index contributed by atoms with van der Waals surface area (Å²) in [5, 5.41) is 8.28. The van der Waals surface area contributed by atoms with Crippen LogP contribution in [0.3, 0.4) is 0 Å². The molecule has 1 N–H and O–H groups in total. The lowest BCUT2D eigenvalue weighted by molar-refractivity contribution is -0.152. The summed E-state index contributed by atoms with van der Waals surface area (Å²) in [5.74, 6) is -1.90. The minimum atomic E-state index is -1.18. The first-order valence-corrected chi connectivity index (χ1v) is 7.12. The number of carboxylic acid groups (broad SMARTS) is 1. The van der Waals surface area contributed by atoms with Gasteiger partial charge >= 0.3 is 11.9 Å². The van der Waals surface area contributed by atoms with Gasteiger partial charge in [0.05, 0.1) is 0 Å². The molecule has 2 aromatic rings. The summed E-state index contributed by atoms with van der Waals surface area (Å²) in [4.78, 5) is 23.0. The summed E-state index contributed by atoms with van der Waals surface area (Å²) in [6, 6.07) is 19.4. The third-order valence-electron chi connectivity index (χ3n) is 2.81. The van der Waals surface area contributed by atoms with Gasteiger partial charge in [0.25, 0.3) is 0 Å². The number of carbonyl (C=O) groups is 2. The molecule has 0 aliphatic heterocycles. The molecule has 0 saturated carbocycles. The molecule has 0 amide bonds. The van der Waals surface area contributed by atoms with E-state index >= 15 is 0 Å². The second-order valence-electron chi connectivity index (χ2n) is 4.95. The predicted molar refractivity (Wildman–Crippen MR) is 89.3 cm³/mol. The van der Waals surface area contributed by atoms with E-state index in [9.17, 15) is 9.59 Å². The average molecular weight is 315 g/mol. The monoisotopic (exact) mass is 315 g/mol. The van der Waals surface area contributed by atoms with Crippen LogP contribution in [0.25, 0.3) is 0 Å². The van der Waals surface area contributed by atoms with Crippen LogP contribution in [0.2, 0.25) is 0 Å². The third kappa shape index (κ3) is 8.26. The maximum absolute atomic E-state index is 10.8. The number of aliphatic carboxylic acids is 1. The number of carboxylic acids is 1. The molecule has 0 bridgehead atoms. The second kappa shape index (κ2) is 10.00. The quantitative estimate of drug-likeness (QED) is 0.679. The van der Waals surface area contributed by atoms with Crippen molar-refractivity contribution in [1.82, 2.24) is 0 Å². The van der Waals surface area contributed by atoms with Crippen molar-refractivity contribution in [2.24, 2.45) is 0 Å². The molecule has 122 valence electrons. The van der Waals surface area contributed by atoms with E-state index in [0.717, 1.165) is 5.56 Å². The van der Waals surface area contributed by atoms with Gasteiger partial charge in [0.2, 0.25) is 0 Å². The Balaban J connectivity index is 0.000000253. The van der Waals surface area contributed by atoms with Crippen LogP contribution in [-0.4, -0.2) is 31.1 Å². The third-order valence-corrected chi connectivity index (χ3v) is 2.81. The van der Waals surface area contributed by atoms with Crippen LogP contribution in [0.4, 0.5) is 5.69 Å². The lowest BCUT2D eigenvalue weighted by atomic mass is 10.2. The zero-order chi connectivity index (χ0) is 17.1. The highest BCUT2D eigenvalue weighted by Crippen LogP contribution is 2.07. The van der Waals surface area contributed by atoms with Crippen LogP contribution in [0, 0.1) is 0 Å². The molecule has 0 aromatic heterocycles. The molecule has 0 fully saturated rings. The van der Waals surface area contributed by atoms with Crippen molar-refractivity contribution in [2.45, 2.75) is 13.0 Å². The number of carbonyl (C=O) groups excluding carboxylic acids is 1. The van der Waals surface area contributed by atoms with Crippen LogP contribution in [-0.2, 0) is 20.9 Å². The molecule has 0 atom stereocenters. The van der Waals surface area contributed by atoms with Gasteiger partial charge in [-0.05, 0) is 17.7 Å². The van der Waals surface area contributed by atoms with Crippen molar-refractivity contribution in [1.29, 1.82) is 0 Å². The Labute approximate surface area is 136 Å². The number of anilines is 1. The summed E-state index contributed by atoms with van der Waals surface area (Å²) in [6.45, 7) is 0.118. The number of benzene rings is 2. The van der Waals surface area contributed by atoms with E-state index in [4.69, 9.17) is 9.84 Å². The molecule has 0 radical (unpaired) electrons. The number of hydrogen-bond donors (Lipinski definition) is 1. The van der Waals surface area contributed by atoms with Crippen LogP contribution < -0.4 is 4.90 Å². The van der Waals surface area contributed by atoms with Crippen LogP contribution in [0.5, 0.6) is 0 Å². The molecule has 5 heteroatoms. The molecule has 0 aliphatic carbocycles. The minimum absolute atomic E-state index is 0.118. The summed E-state index contributed by atoms with van der Waals surface area (Å²) in [7, 11) is 4.07. The first-order valence-electron chi connectivity index (χ1n) is 7.12. The van der Waals surface area contributed by atoms with Crippen molar-refractivity contribution < 1.29 is 19.4 Å². The predicted octanol–water partition coefficient (Wildman–Crippen LogP) is 2.96. The van der Waals surface area contributed by atoms with Gasteiger partial charge in [0.1, 0.15) is 13.0 Å². The number of nitrogens with zero attached hydrogens (tertiary/aromatic N) is 1. The molecule has 5 nitrogen and oxygen atoms in total. The van der Waals surface area contributed by atoms with Crippen molar-refractivity contribution >= 4 is 17.6 Å². The number of rotatable bonds is 5. The zero-order valence-electron chi connectivity index (χ0n) is 13.3. The Morgan fingerprint density at radius 3 is 1.91 bits per heavy atom. The second-order valence-corrected chi connectivity index (χ2v) is 4.95. The lowest BCUT2D eigenvalue weighted by Gasteiger charge is -2.10. The van der Waals surface area contributed by atoms with E-state index in [-0.39, 0.29) is 6.61 Å². The normalized spacial score (nSPS) is 9.30. The Morgan fingerprint density at radius 2 is 1.48 bits per heavy atom. The molecular weight excluding hydrogens is 294 g/mol. The number of ether oxygens (including phenoxy) is 1. The van der Waals surface area contributed by atoms with Gasteiger partial charge in [-0.15, -0.1) is 0 Å². The van der Waals surface area contributed by atoms with Gasteiger partial charge < -0.3 is 14.7 Å². The number of para-hydroxylation sites is 1. The minimum Gasteiger partial charge on any atom is -0.481 e. The van der Waals surface area contributed by atoms with E-state index in [1.807, 2.05) is 50.5 Å². The van der Waals surface area contributed by atoms with Crippen LogP contribution in [0.1, 0.15) is 12.0 Å². The molecule has 23 heavy (non-hydrogen) atoms. The lowest BCUT2D eigenvalue weighted by Crippen LogP contribution is -2.10. The molecule has 0 saturated heterocycles. The maximum atomic E-state index is 10.8. The van der Waals surface area contributed by atoms with Gasteiger partial charge in [-0.25, -0.2) is 0 Å². The fourth-order valence-electron chi connectivity index (χ4n) is 1.64. The van der Waals surface area contributed by atoms with E-state index < -0.39 is 18.4 Å². The Kier molecular flexibility index (Phi) is 7.92. The first-order chi connectivity index (χ1) is 11.0. The van der Waals surface area contributed by atoms with Gasteiger partial charge in [-0.1, -0.05) is 48.5 Å². The SMILES string of the molecule is CN(C)c1ccccc1.O=C(O)CC(=O)OCc1ccccc1. The standard InChI is InChI=1S/C10H10O4.C8H11N/c11-9(12)6-10(13)14-7-8-4-2-1-3-5-8;1-9(2)8-6-4-3-5-7-8/h1-5H,6-7H2,(H,11,12);3-7H,1-2H3. The first kappa shape index (κ1) is 18.2. The highest BCUT2D eigenvalue weighted by Gasteiger charge is 2.08. The molecular formula is C18H21NO4. The Hall–Kier alpha value is -2.82. The van der Waals surface area contributed by atoms with Gasteiger partial charge in [0, 0.05) is 19.8 Å². The van der Waals surface area contributed by atoms with E-state index in [1.165, 1.54) is 5.69 Å². The number of hydrogen-bond acceptors (Lipinski definition) is 4. The summed E-state index contributed by atoms with van der Waals surface area (Å²) >= 11 is 0. The van der Waals surface area contributed by atoms with Gasteiger partial charge in [-0.3, -0.25) is 9.59 Å². The molecule has 0 heterocycles.